The molecule has 0 amide bonds. The van der Waals surface area contributed by atoms with Crippen LogP contribution in [0.25, 0.3) is 0 Å². The summed E-state index contributed by atoms with van der Waals surface area (Å²) in [7, 11) is 1.35. The van der Waals surface area contributed by atoms with E-state index in [1.54, 1.807) is 25.1 Å². The van der Waals surface area contributed by atoms with Crippen molar-refractivity contribution in [2.24, 2.45) is 0 Å². The summed E-state index contributed by atoms with van der Waals surface area (Å²) in [5.41, 5.74) is 1.36. The summed E-state index contributed by atoms with van der Waals surface area (Å²) < 4.78 is 4.62. The van der Waals surface area contributed by atoms with Crippen LogP contribution in [0, 0.1) is 11.3 Å². The summed E-state index contributed by atoms with van der Waals surface area (Å²) in [5.74, 6) is -0.617. The summed E-state index contributed by atoms with van der Waals surface area (Å²) >= 11 is 0. The second kappa shape index (κ2) is 4.43. The molecule has 0 saturated heterocycles. The average molecular weight is 189 g/mol. The lowest BCUT2D eigenvalue weighted by Crippen LogP contribution is -2.10. The van der Waals surface area contributed by atoms with Gasteiger partial charge in [0, 0.05) is 0 Å². The molecule has 3 heteroatoms. The molecule has 14 heavy (non-hydrogen) atoms. The van der Waals surface area contributed by atoms with Gasteiger partial charge >= 0.3 is 5.97 Å². The van der Waals surface area contributed by atoms with E-state index in [2.05, 4.69) is 4.74 Å². The standard InChI is InChI=1S/C11H11NO2/c1-8(11(13)14-2)10-5-3-4-9(6-10)7-12/h3-6,8H,1-2H3/t8-/m1/s1. The number of benzene rings is 1. The van der Waals surface area contributed by atoms with Gasteiger partial charge in [0.15, 0.2) is 0 Å². The SMILES string of the molecule is COC(=O)[C@H](C)c1cccc(C#N)c1. The van der Waals surface area contributed by atoms with E-state index in [0.29, 0.717) is 5.56 Å². The van der Waals surface area contributed by atoms with Crippen molar-refractivity contribution in [2.75, 3.05) is 7.11 Å². The van der Waals surface area contributed by atoms with Gasteiger partial charge in [-0.25, -0.2) is 0 Å². The van der Waals surface area contributed by atoms with Crippen LogP contribution >= 0.6 is 0 Å². The number of ether oxygens (including phenoxy) is 1. The fourth-order valence-electron chi connectivity index (χ4n) is 1.19. The molecule has 0 aliphatic heterocycles. The van der Waals surface area contributed by atoms with Crippen molar-refractivity contribution < 1.29 is 9.53 Å². The molecule has 0 spiro atoms. The van der Waals surface area contributed by atoms with E-state index in [0.717, 1.165) is 5.56 Å². The first-order valence-corrected chi connectivity index (χ1v) is 4.27. The highest BCUT2D eigenvalue weighted by atomic mass is 16.5. The van der Waals surface area contributed by atoms with Crippen molar-refractivity contribution in [3.63, 3.8) is 0 Å². The lowest BCUT2D eigenvalue weighted by atomic mass is 10.00. The second-order valence-electron chi connectivity index (χ2n) is 2.98. The number of rotatable bonds is 2. The first kappa shape index (κ1) is 10.3. The Morgan fingerprint density at radius 1 is 1.57 bits per heavy atom. The van der Waals surface area contributed by atoms with Crippen molar-refractivity contribution >= 4 is 5.97 Å². The second-order valence-corrected chi connectivity index (χ2v) is 2.98. The van der Waals surface area contributed by atoms with E-state index in [1.807, 2.05) is 12.1 Å². The zero-order valence-corrected chi connectivity index (χ0v) is 8.15. The fraction of sp³-hybridized carbons (Fsp3) is 0.273. The Morgan fingerprint density at radius 2 is 2.29 bits per heavy atom. The van der Waals surface area contributed by atoms with Gasteiger partial charge in [0.2, 0.25) is 0 Å². The molecule has 72 valence electrons. The molecule has 0 aromatic heterocycles. The molecule has 0 heterocycles. The molecule has 3 nitrogen and oxygen atoms in total. The van der Waals surface area contributed by atoms with Crippen molar-refractivity contribution in [1.82, 2.24) is 0 Å². The van der Waals surface area contributed by atoms with Gasteiger partial charge in [-0.15, -0.1) is 0 Å². The Morgan fingerprint density at radius 3 is 2.86 bits per heavy atom. The van der Waals surface area contributed by atoms with Crippen LogP contribution in [0.2, 0.25) is 0 Å². The van der Waals surface area contributed by atoms with E-state index >= 15 is 0 Å². The maximum Gasteiger partial charge on any atom is 0.312 e. The summed E-state index contributed by atoms with van der Waals surface area (Å²) in [6.45, 7) is 1.75. The third kappa shape index (κ3) is 2.11. The van der Waals surface area contributed by atoms with E-state index in [9.17, 15) is 4.79 Å². The summed E-state index contributed by atoms with van der Waals surface area (Å²) in [6, 6.07) is 8.99. The normalized spacial score (nSPS) is 11.5. The summed E-state index contributed by atoms with van der Waals surface area (Å²) in [5, 5.41) is 8.67. The molecule has 1 aromatic carbocycles. The number of esters is 1. The zero-order valence-electron chi connectivity index (χ0n) is 8.15. The van der Waals surface area contributed by atoms with Gasteiger partial charge < -0.3 is 4.74 Å². The predicted octanol–water partition coefficient (Wildman–Crippen LogP) is 1.83. The zero-order chi connectivity index (χ0) is 10.6. The minimum atomic E-state index is -0.326. The van der Waals surface area contributed by atoms with Crippen LogP contribution in [-0.4, -0.2) is 13.1 Å². The molecule has 0 fully saturated rings. The number of hydrogen-bond acceptors (Lipinski definition) is 3. The molecule has 0 bridgehead atoms. The average Bonchev–Trinajstić information content (AvgIpc) is 2.27. The number of carbonyl (C=O) groups excluding carboxylic acids is 1. The van der Waals surface area contributed by atoms with Crippen LogP contribution < -0.4 is 0 Å². The summed E-state index contributed by atoms with van der Waals surface area (Å²) in [4.78, 5) is 11.2. The van der Waals surface area contributed by atoms with Crippen LogP contribution in [0.1, 0.15) is 24.0 Å². The van der Waals surface area contributed by atoms with E-state index < -0.39 is 0 Å². The lowest BCUT2D eigenvalue weighted by molar-refractivity contribution is -0.141. The van der Waals surface area contributed by atoms with Gasteiger partial charge in [0.1, 0.15) is 0 Å². The first-order valence-electron chi connectivity index (χ1n) is 4.27. The molecule has 0 saturated carbocycles. The van der Waals surface area contributed by atoms with Gasteiger partial charge in [0.05, 0.1) is 24.7 Å². The highest BCUT2D eigenvalue weighted by Crippen LogP contribution is 2.17. The number of methoxy groups -OCH3 is 1. The molecular formula is C11H11NO2. The first-order chi connectivity index (χ1) is 6.69. The third-order valence-electron chi connectivity index (χ3n) is 2.07. The monoisotopic (exact) mass is 189 g/mol. The van der Waals surface area contributed by atoms with Gasteiger partial charge in [-0.2, -0.15) is 5.26 Å². The van der Waals surface area contributed by atoms with Gasteiger partial charge in [0.25, 0.3) is 0 Å². The molecule has 1 rings (SSSR count). The minimum Gasteiger partial charge on any atom is -0.469 e. The Balaban J connectivity index is 2.96. The highest BCUT2D eigenvalue weighted by molar-refractivity contribution is 5.77. The Hall–Kier alpha value is -1.82. The molecule has 1 aromatic rings. The number of nitrogens with zero attached hydrogens (tertiary/aromatic N) is 1. The Bertz CT molecular complexity index is 379. The van der Waals surface area contributed by atoms with Crippen molar-refractivity contribution in [3.8, 4) is 6.07 Å². The molecule has 0 radical (unpaired) electrons. The maximum absolute atomic E-state index is 11.2. The molecular weight excluding hydrogens is 178 g/mol. The van der Waals surface area contributed by atoms with Gasteiger partial charge in [-0.05, 0) is 24.6 Å². The number of nitriles is 1. The van der Waals surface area contributed by atoms with Crippen molar-refractivity contribution in [3.05, 3.63) is 35.4 Å². The van der Waals surface area contributed by atoms with E-state index in [4.69, 9.17) is 5.26 Å². The van der Waals surface area contributed by atoms with Crippen LogP contribution in [0.5, 0.6) is 0 Å². The maximum atomic E-state index is 11.2. The minimum absolute atomic E-state index is 0.292. The lowest BCUT2D eigenvalue weighted by Gasteiger charge is -2.08. The van der Waals surface area contributed by atoms with Crippen LogP contribution in [0.15, 0.2) is 24.3 Å². The third-order valence-corrected chi connectivity index (χ3v) is 2.07. The van der Waals surface area contributed by atoms with E-state index in [1.165, 1.54) is 7.11 Å². The molecule has 0 aliphatic rings. The smallest absolute Gasteiger partial charge is 0.312 e. The highest BCUT2D eigenvalue weighted by Gasteiger charge is 2.15. The Kier molecular flexibility index (Phi) is 3.24. The fourth-order valence-corrected chi connectivity index (χ4v) is 1.19. The molecule has 0 N–H and O–H groups in total. The molecule has 0 unspecified atom stereocenters. The van der Waals surface area contributed by atoms with Gasteiger partial charge in [-0.1, -0.05) is 12.1 Å². The van der Waals surface area contributed by atoms with Gasteiger partial charge in [-0.3, -0.25) is 4.79 Å². The number of carbonyl (C=O) groups is 1. The predicted molar refractivity (Wildman–Crippen MR) is 51.6 cm³/mol. The quantitative estimate of drug-likeness (QED) is 0.667. The van der Waals surface area contributed by atoms with Crippen molar-refractivity contribution in [1.29, 1.82) is 5.26 Å². The van der Waals surface area contributed by atoms with Crippen LogP contribution in [-0.2, 0) is 9.53 Å². The largest absolute Gasteiger partial charge is 0.469 e. The molecule has 0 aliphatic carbocycles. The summed E-state index contributed by atoms with van der Waals surface area (Å²) in [6.07, 6.45) is 0. The molecule has 1 atom stereocenters. The Labute approximate surface area is 82.9 Å². The van der Waals surface area contributed by atoms with E-state index in [-0.39, 0.29) is 11.9 Å². The van der Waals surface area contributed by atoms with Crippen molar-refractivity contribution in [2.45, 2.75) is 12.8 Å². The number of hydrogen-bond donors (Lipinski definition) is 0. The van der Waals surface area contributed by atoms with Crippen LogP contribution in [0.4, 0.5) is 0 Å². The topological polar surface area (TPSA) is 50.1 Å². The van der Waals surface area contributed by atoms with Crippen LogP contribution in [0.3, 0.4) is 0 Å².